The smallest absolute Gasteiger partial charge is 0.0743 e. The van der Waals surface area contributed by atoms with E-state index in [1.54, 1.807) is 5.56 Å². The summed E-state index contributed by atoms with van der Waals surface area (Å²) < 4.78 is 2.40. The minimum atomic E-state index is 0.243. The van der Waals surface area contributed by atoms with E-state index >= 15 is 0 Å². The van der Waals surface area contributed by atoms with Crippen LogP contribution in [0.15, 0.2) is 205 Å². The Morgan fingerprint density at radius 3 is 2.11 bits per heavy atom. The summed E-state index contributed by atoms with van der Waals surface area (Å²) in [6.45, 7) is 0. The second-order valence-electron chi connectivity index (χ2n) is 19.1. The number of hydrogen-bond acceptors (Lipinski definition) is 1. The molecular formula is C64H48N2. The summed E-state index contributed by atoms with van der Waals surface area (Å²) in [5, 5.41) is 2.51. The average Bonchev–Trinajstić information content (AvgIpc) is 3.80. The Bertz CT molecular complexity index is 3590. The Hall–Kier alpha value is -7.55. The highest BCUT2D eigenvalue weighted by Crippen LogP contribution is 2.59. The highest BCUT2D eigenvalue weighted by Gasteiger charge is 2.40. The maximum atomic E-state index is 5.67. The molecule has 0 saturated heterocycles. The standard InChI is InChI=1S/C64H48N2/c1-2-19-46(20-3-1)66-59-28-13-11-25-53(59)54-38-45(34-36-60(54)66)64-50(26-14-18-43-16-6-12-27-58(43)65-64)42-31-29-41(30-32-42)49-35-33-40-15-4-7-21-47(40)56-39-57-52-24-10-9-23-51(52)55-37-44-17-5-8-22-48(44)63(61(49)56)62(55)57/h1-13,15-17,19-25,27-32,34,36,38-39,43,49,55H,14,18,26,33,35,37H2/b64-50+,65-58-. The third-order valence-electron chi connectivity index (χ3n) is 15.6. The molecule has 5 aliphatic rings. The topological polar surface area (TPSA) is 17.3 Å². The second-order valence-corrected chi connectivity index (χ2v) is 19.1. The van der Waals surface area contributed by atoms with Crippen LogP contribution in [0, 0.1) is 5.92 Å². The fourth-order valence-electron chi connectivity index (χ4n) is 12.7. The van der Waals surface area contributed by atoms with Crippen LogP contribution in [0.4, 0.5) is 0 Å². The first-order valence-corrected chi connectivity index (χ1v) is 24.1. The Morgan fingerprint density at radius 2 is 1.21 bits per heavy atom. The molecule has 1 aromatic heterocycles. The van der Waals surface area contributed by atoms with E-state index in [4.69, 9.17) is 4.99 Å². The van der Waals surface area contributed by atoms with Gasteiger partial charge in [-0.15, -0.1) is 0 Å². The van der Waals surface area contributed by atoms with E-state index in [1.807, 2.05) is 0 Å². The van der Waals surface area contributed by atoms with Crippen molar-refractivity contribution < 1.29 is 0 Å². The molecule has 4 aliphatic carbocycles. The predicted molar refractivity (Wildman–Crippen MR) is 276 cm³/mol. The predicted octanol–water partition coefficient (Wildman–Crippen LogP) is 16.1. The van der Waals surface area contributed by atoms with Gasteiger partial charge in [0.2, 0.25) is 0 Å². The SMILES string of the molecule is C1=C/C2=N/C(c3ccc4c(c3)c3ccccc3n4-c3ccccc3)=C(/c3ccc(C4CCc5ccccc5-c5cc6c7c(c54)-c4ccccc4CC7c4ccccc4-6)cc3)CCCC2C=C1. The Kier molecular flexibility index (Phi) is 8.59. The first kappa shape index (κ1) is 37.8. The largest absolute Gasteiger partial charge is 0.309 e. The number of aliphatic imine (C=N–C) groups is 1. The molecule has 14 rings (SSSR count). The summed E-state index contributed by atoms with van der Waals surface area (Å²) in [6.07, 6.45) is 15.3. The lowest BCUT2D eigenvalue weighted by atomic mass is 9.71. The molecule has 314 valence electrons. The lowest BCUT2D eigenvalue weighted by molar-refractivity contribution is 0.688. The number of para-hydroxylation sites is 2. The third kappa shape index (κ3) is 5.77. The summed E-state index contributed by atoms with van der Waals surface area (Å²) in [5.41, 5.74) is 27.1. The summed E-state index contributed by atoms with van der Waals surface area (Å²) in [4.78, 5) is 5.67. The molecule has 0 saturated carbocycles. The van der Waals surface area contributed by atoms with Crippen LogP contribution in [0.3, 0.4) is 0 Å². The van der Waals surface area contributed by atoms with E-state index in [2.05, 4.69) is 205 Å². The number of benzene rings is 8. The lowest BCUT2D eigenvalue weighted by Crippen LogP contribution is -2.15. The van der Waals surface area contributed by atoms with Crippen LogP contribution in [0.25, 0.3) is 72.1 Å². The summed E-state index contributed by atoms with van der Waals surface area (Å²) in [6, 6.07) is 66.8. The van der Waals surface area contributed by atoms with Crippen molar-refractivity contribution in [3.05, 3.63) is 245 Å². The van der Waals surface area contributed by atoms with Crippen LogP contribution in [-0.2, 0) is 12.8 Å². The van der Waals surface area contributed by atoms with Crippen molar-refractivity contribution in [1.29, 1.82) is 0 Å². The molecule has 9 aromatic rings. The molecular weight excluding hydrogens is 797 g/mol. The first-order valence-electron chi connectivity index (χ1n) is 24.1. The van der Waals surface area contributed by atoms with Gasteiger partial charge >= 0.3 is 0 Å². The van der Waals surface area contributed by atoms with Crippen molar-refractivity contribution in [3.8, 4) is 39.1 Å². The van der Waals surface area contributed by atoms with Crippen molar-refractivity contribution >= 4 is 38.8 Å². The molecule has 0 amide bonds. The maximum Gasteiger partial charge on any atom is 0.0743 e. The molecule has 8 aromatic carbocycles. The molecule has 0 bridgehead atoms. The Balaban J connectivity index is 0.948. The summed E-state index contributed by atoms with van der Waals surface area (Å²) in [7, 11) is 0. The quantitative estimate of drug-likeness (QED) is 0.168. The van der Waals surface area contributed by atoms with Crippen LogP contribution in [-0.4, -0.2) is 10.3 Å². The monoisotopic (exact) mass is 844 g/mol. The van der Waals surface area contributed by atoms with Gasteiger partial charge < -0.3 is 4.57 Å². The van der Waals surface area contributed by atoms with Crippen molar-refractivity contribution in [2.24, 2.45) is 10.9 Å². The van der Waals surface area contributed by atoms with Gasteiger partial charge in [-0.2, -0.15) is 0 Å². The molecule has 66 heavy (non-hydrogen) atoms. The molecule has 0 spiro atoms. The Labute approximate surface area is 386 Å². The number of nitrogens with zero attached hydrogens (tertiary/aromatic N) is 2. The molecule has 1 aliphatic heterocycles. The summed E-state index contributed by atoms with van der Waals surface area (Å²) >= 11 is 0. The van der Waals surface area contributed by atoms with E-state index < -0.39 is 0 Å². The molecule has 2 heterocycles. The molecule has 0 N–H and O–H groups in total. The molecule has 0 fully saturated rings. The van der Waals surface area contributed by atoms with Gasteiger partial charge in [0.1, 0.15) is 0 Å². The number of rotatable bonds is 4. The van der Waals surface area contributed by atoms with Gasteiger partial charge in [0.05, 0.1) is 16.7 Å². The number of aromatic nitrogens is 1. The Morgan fingerprint density at radius 1 is 0.500 bits per heavy atom. The average molecular weight is 845 g/mol. The summed E-state index contributed by atoms with van der Waals surface area (Å²) in [5.74, 6) is 0.951. The van der Waals surface area contributed by atoms with Crippen molar-refractivity contribution in [2.45, 2.75) is 50.4 Å². The van der Waals surface area contributed by atoms with Crippen LogP contribution in [0.2, 0.25) is 0 Å². The fourth-order valence-corrected chi connectivity index (χ4v) is 12.7. The van der Waals surface area contributed by atoms with Crippen LogP contribution in [0.1, 0.15) is 82.0 Å². The van der Waals surface area contributed by atoms with Crippen molar-refractivity contribution in [3.63, 3.8) is 0 Å². The lowest BCUT2D eigenvalue weighted by Gasteiger charge is -2.32. The molecule has 3 unspecified atom stereocenters. The van der Waals surface area contributed by atoms with Gasteiger partial charge in [-0.25, -0.2) is 0 Å². The molecule has 0 radical (unpaired) electrons. The van der Waals surface area contributed by atoms with Gasteiger partial charge in [-0.3, -0.25) is 4.99 Å². The van der Waals surface area contributed by atoms with Gasteiger partial charge in [-0.05, 0) is 159 Å². The zero-order chi connectivity index (χ0) is 43.3. The molecule has 3 atom stereocenters. The van der Waals surface area contributed by atoms with Crippen molar-refractivity contribution in [2.75, 3.05) is 0 Å². The van der Waals surface area contributed by atoms with Crippen molar-refractivity contribution in [1.82, 2.24) is 4.57 Å². The van der Waals surface area contributed by atoms with Crippen LogP contribution in [0.5, 0.6) is 0 Å². The van der Waals surface area contributed by atoms with Gasteiger partial charge in [0.25, 0.3) is 0 Å². The first-order chi connectivity index (χ1) is 32.7. The highest BCUT2D eigenvalue weighted by atomic mass is 15.0. The van der Waals surface area contributed by atoms with E-state index in [0.717, 1.165) is 49.9 Å². The number of hydrogen-bond donors (Lipinski definition) is 0. The van der Waals surface area contributed by atoms with Crippen LogP contribution < -0.4 is 0 Å². The number of allylic oxidation sites excluding steroid dienone is 5. The van der Waals surface area contributed by atoms with Gasteiger partial charge in [0.15, 0.2) is 0 Å². The zero-order valence-corrected chi connectivity index (χ0v) is 36.9. The minimum Gasteiger partial charge on any atom is -0.309 e. The number of fused-ring (bicyclic) bond motifs is 13. The molecule has 2 heteroatoms. The zero-order valence-electron chi connectivity index (χ0n) is 36.9. The third-order valence-corrected chi connectivity index (χ3v) is 15.6. The maximum absolute atomic E-state index is 5.67. The normalized spacial score (nSPS) is 20.8. The minimum absolute atomic E-state index is 0.243. The van der Waals surface area contributed by atoms with Gasteiger partial charge in [0, 0.05) is 45.5 Å². The second kappa shape index (κ2) is 15.0. The fraction of sp³-hybridized carbons (Fsp3) is 0.141. The molecule has 2 nitrogen and oxygen atoms in total. The van der Waals surface area contributed by atoms with E-state index in [-0.39, 0.29) is 5.92 Å². The van der Waals surface area contributed by atoms with E-state index in [0.29, 0.717) is 11.8 Å². The number of aryl methyl sites for hydroxylation is 1. The van der Waals surface area contributed by atoms with E-state index in [9.17, 15) is 0 Å². The van der Waals surface area contributed by atoms with E-state index in [1.165, 1.54) is 105 Å². The van der Waals surface area contributed by atoms with Gasteiger partial charge in [-0.1, -0.05) is 158 Å². The highest BCUT2D eigenvalue weighted by molar-refractivity contribution is 6.12. The van der Waals surface area contributed by atoms with Crippen LogP contribution >= 0.6 is 0 Å².